The number of aliphatic carboxylic acids is 1. The Bertz CT molecular complexity index is 446. The van der Waals surface area contributed by atoms with Gasteiger partial charge in [-0.3, -0.25) is 4.79 Å². The van der Waals surface area contributed by atoms with Crippen molar-refractivity contribution in [1.82, 2.24) is 0 Å². The van der Waals surface area contributed by atoms with Crippen molar-refractivity contribution in [3.63, 3.8) is 0 Å². The highest BCUT2D eigenvalue weighted by atomic mass is 35.5. The quantitative estimate of drug-likeness (QED) is 0.853. The van der Waals surface area contributed by atoms with Gasteiger partial charge in [-0.1, -0.05) is 17.7 Å². The molecule has 1 saturated carbocycles. The van der Waals surface area contributed by atoms with Gasteiger partial charge in [-0.25, -0.2) is 4.39 Å². The van der Waals surface area contributed by atoms with E-state index >= 15 is 0 Å². The molecule has 0 aliphatic heterocycles. The molecular formula is C11H11ClFNO2. The van der Waals surface area contributed by atoms with Gasteiger partial charge in [0.2, 0.25) is 0 Å². The van der Waals surface area contributed by atoms with Gasteiger partial charge in [0, 0.05) is 10.4 Å². The van der Waals surface area contributed by atoms with Crippen molar-refractivity contribution in [2.75, 3.05) is 0 Å². The van der Waals surface area contributed by atoms with E-state index in [1.165, 1.54) is 12.1 Å². The van der Waals surface area contributed by atoms with Gasteiger partial charge in [0.25, 0.3) is 0 Å². The lowest BCUT2D eigenvalue weighted by molar-refractivity contribution is -0.139. The van der Waals surface area contributed by atoms with Crippen LogP contribution in [-0.4, -0.2) is 17.1 Å². The second kappa shape index (κ2) is 3.71. The minimum atomic E-state index is -1.10. The van der Waals surface area contributed by atoms with Crippen molar-refractivity contribution < 1.29 is 14.3 Å². The first-order valence-electron chi connectivity index (χ1n) is 4.91. The van der Waals surface area contributed by atoms with E-state index in [2.05, 4.69) is 0 Å². The van der Waals surface area contributed by atoms with Crippen LogP contribution in [-0.2, 0) is 10.2 Å². The number of rotatable bonds is 3. The second-order valence-electron chi connectivity index (χ2n) is 4.10. The van der Waals surface area contributed by atoms with Crippen LogP contribution in [0, 0.1) is 5.82 Å². The first-order valence-corrected chi connectivity index (χ1v) is 5.29. The summed E-state index contributed by atoms with van der Waals surface area (Å²) in [6.07, 6.45) is 1.19. The Balaban J connectivity index is 2.40. The Morgan fingerprint density at radius 3 is 2.62 bits per heavy atom. The normalized spacial score (nSPS) is 19.2. The van der Waals surface area contributed by atoms with Gasteiger partial charge in [0.1, 0.15) is 11.9 Å². The molecule has 1 aromatic rings. The molecular weight excluding hydrogens is 233 g/mol. The molecule has 86 valence electrons. The third-order valence-corrected chi connectivity index (χ3v) is 3.35. The second-order valence-corrected chi connectivity index (χ2v) is 4.53. The van der Waals surface area contributed by atoms with Crippen molar-refractivity contribution in [2.45, 2.75) is 24.3 Å². The summed E-state index contributed by atoms with van der Waals surface area (Å²) in [5.41, 5.74) is 5.20. The number of hydrogen-bond acceptors (Lipinski definition) is 2. The molecule has 5 heteroatoms. The van der Waals surface area contributed by atoms with E-state index in [0.717, 1.165) is 0 Å². The summed E-state index contributed by atoms with van der Waals surface area (Å²) < 4.78 is 13.7. The maximum Gasteiger partial charge on any atom is 0.321 e. The van der Waals surface area contributed by atoms with Crippen molar-refractivity contribution in [2.24, 2.45) is 5.73 Å². The molecule has 0 heterocycles. The molecule has 1 aliphatic rings. The number of halogens is 2. The third kappa shape index (κ3) is 1.68. The van der Waals surface area contributed by atoms with E-state index in [9.17, 15) is 9.18 Å². The van der Waals surface area contributed by atoms with E-state index in [1.807, 2.05) is 0 Å². The van der Waals surface area contributed by atoms with Crippen LogP contribution in [0.25, 0.3) is 0 Å². The lowest BCUT2D eigenvalue weighted by atomic mass is 9.88. The topological polar surface area (TPSA) is 63.3 Å². The van der Waals surface area contributed by atoms with Crippen LogP contribution in [0.2, 0.25) is 5.02 Å². The number of carboxylic acid groups (broad SMARTS) is 1. The van der Waals surface area contributed by atoms with Crippen molar-refractivity contribution >= 4 is 17.6 Å². The molecule has 0 saturated heterocycles. The fraction of sp³-hybridized carbons (Fsp3) is 0.364. The van der Waals surface area contributed by atoms with Gasteiger partial charge < -0.3 is 10.8 Å². The summed E-state index contributed by atoms with van der Waals surface area (Å²) in [6, 6.07) is 3.19. The average molecular weight is 244 g/mol. The van der Waals surface area contributed by atoms with E-state index in [0.29, 0.717) is 23.4 Å². The molecule has 1 atom stereocenters. The van der Waals surface area contributed by atoms with E-state index in [-0.39, 0.29) is 0 Å². The molecule has 0 aromatic heterocycles. The van der Waals surface area contributed by atoms with Crippen LogP contribution in [0.4, 0.5) is 4.39 Å². The van der Waals surface area contributed by atoms with Gasteiger partial charge in [0.05, 0.1) is 0 Å². The Morgan fingerprint density at radius 1 is 1.56 bits per heavy atom. The average Bonchev–Trinajstić information content (AvgIpc) is 2.97. The molecule has 1 fully saturated rings. The summed E-state index contributed by atoms with van der Waals surface area (Å²) in [4.78, 5) is 10.9. The zero-order chi connectivity index (χ0) is 11.9. The first kappa shape index (κ1) is 11.4. The summed E-state index contributed by atoms with van der Waals surface area (Å²) in [5.74, 6) is -1.59. The number of carbonyl (C=O) groups is 1. The summed E-state index contributed by atoms with van der Waals surface area (Å²) in [6.45, 7) is 0. The Hall–Kier alpha value is -1.13. The fourth-order valence-electron chi connectivity index (χ4n) is 2.01. The molecule has 0 radical (unpaired) electrons. The van der Waals surface area contributed by atoms with E-state index < -0.39 is 23.2 Å². The molecule has 0 spiro atoms. The molecule has 1 aliphatic carbocycles. The Morgan fingerprint density at radius 2 is 2.19 bits per heavy atom. The van der Waals surface area contributed by atoms with Gasteiger partial charge in [0.15, 0.2) is 0 Å². The van der Waals surface area contributed by atoms with Crippen LogP contribution < -0.4 is 5.73 Å². The third-order valence-electron chi connectivity index (χ3n) is 3.12. The van der Waals surface area contributed by atoms with Crippen molar-refractivity contribution in [3.8, 4) is 0 Å². The molecule has 3 nitrogen and oxygen atoms in total. The molecule has 0 bridgehead atoms. The number of carboxylic acids is 1. The van der Waals surface area contributed by atoms with Gasteiger partial charge in [-0.15, -0.1) is 0 Å². The van der Waals surface area contributed by atoms with Crippen LogP contribution in [0.5, 0.6) is 0 Å². The van der Waals surface area contributed by atoms with Crippen molar-refractivity contribution in [3.05, 3.63) is 34.6 Å². The smallest absolute Gasteiger partial charge is 0.321 e. The predicted molar refractivity (Wildman–Crippen MR) is 57.9 cm³/mol. The first-order chi connectivity index (χ1) is 7.47. The number of benzene rings is 1. The lowest BCUT2D eigenvalue weighted by Gasteiger charge is -2.20. The van der Waals surface area contributed by atoms with E-state index in [1.54, 1.807) is 6.07 Å². The maximum absolute atomic E-state index is 13.7. The molecule has 1 unspecified atom stereocenters. The SMILES string of the molecule is NC(C(=O)O)C1(c2ccc(Cl)cc2F)CC1. The van der Waals surface area contributed by atoms with Crippen LogP contribution >= 0.6 is 11.6 Å². The molecule has 2 rings (SSSR count). The van der Waals surface area contributed by atoms with Crippen molar-refractivity contribution in [1.29, 1.82) is 0 Å². The lowest BCUT2D eigenvalue weighted by Crippen LogP contribution is -2.42. The highest BCUT2D eigenvalue weighted by Gasteiger charge is 2.53. The highest BCUT2D eigenvalue weighted by Crippen LogP contribution is 2.51. The standard InChI is InChI=1S/C11H11ClFNO2/c12-6-1-2-7(8(13)5-6)11(3-4-11)9(14)10(15)16/h1-2,5,9H,3-4,14H2,(H,15,16). The number of nitrogens with two attached hydrogens (primary N) is 1. The molecule has 3 N–H and O–H groups in total. The molecule has 16 heavy (non-hydrogen) atoms. The zero-order valence-corrected chi connectivity index (χ0v) is 9.17. The van der Waals surface area contributed by atoms with Gasteiger partial charge >= 0.3 is 5.97 Å². The minimum absolute atomic E-state index is 0.293. The largest absolute Gasteiger partial charge is 0.480 e. The summed E-state index contributed by atoms with van der Waals surface area (Å²) in [7, 11) is 0. The Labute approximate surface area is 97.0 Å². The van der Waals surface area contributed by atoms with Crippen LogP contribution in [0.15, 0.2) is 18.2 Å². The zero-order valence-electron chi connectivity index (χ0n) is 8.41. The molecule has 1 aromatic carbocycles. The van der Waals surface area contributed by atoms with Crippen LogP contribution in [0.1, 0.15) is 18.4 Å². The van der Waals surface area contributed by atoms with E-state index in [4.69, 9.17) is 22.4 Å². The van der Waals surface area contributed by atoms with Gasteiger partial charge in [-0.2, -0.15) is 0 Å². The summed E-state index contributed by atoms with van der Waals surface area (Å²) >= 11 is 5.64. The Kier molecular flexibility index (Phi) is 2.64. The molecule has 0 amide bonds. The maximum atomic E-state index is 13.7. The summed E-state index contributed by atoms with van der Waals surface area (Å²) in [5, 5.41) is 9.18. The predicted octanol–water partition coefficient (Wildman–Crippen LogP) is 1.92. The minimum Gasteiger partial charge on any atom is -0.480 e. The number of hydrogen-bond donors (Lipinski definition) is 2. The highest BCUT2D eigenvalue weighted by molar-refractivity contribution is 6.30. The van der Waals surface area contributed by atoms with Gasteiger partial charge in [-0.05, 0) is 30.5 Å². The fourth-order valence-corrected chi connectivity index (χ4v) is 2.17. The monoisotopic (exact) mass is 243 g/mol. The van der Waals surface area contributed by atoms with Crippen LogP contribution in [0.3, 0.4) is 0 Å².